The van der Waals surface area contributed by atoms with Crippen LogP contribution in [0.3, 0.4) is 0 Å². The topological polar surface area (TPSA) is 55.2 Å². The number of non-ortho nitro benzene ring substituents is 1. The van der Waals surface area contributed by atoms with Crippen molar-refractivity contribution in [2.75, 3.05) is 7.05 Å². The van der Waals surface area contributed by atoms with Gasteiger partial charge in [0.1, 0.15) is 0 Å². The summed E-state index contributed by atoms with van der Waals surface area (Å²) in [5.41, 5.74) is 1.57. The van der Waals surface area contributed by atoms with Gasteiger partial charge in [0, 0.05) is 18.2 Å². The van der Waals surface area contributed by atoms with Gasteiger partial charge >= 0.3 is 0 Å². The van der Waals surface area contributed by atoms with Gasteiger partial charge in [0.2, 0.25) is 0 Å². The molecule has 0 radical (unpaired) electrons. The summed E-state index contributed by atoms with van der Waals surface area (Å²) >= 11 is 0. The van der Waals surface area contributed by atoms with Crippen molar-refractivity contribution in [3.8, 4) is 0 Å². The number of nitro groups is 1. The summed E-state index contributed by atoms with van der Waals surface area (Å²) in [5, 5.41) is 14.0. The second-order valence-corrected chi connectivity index (χ2v) is 4.98. The molecule has 1 aromatic carbocycles. The smallest absolute Gasteiger partial charge is 0.269 e. The lowest BCUT2D eigenvalue weighted by atomic mass is 9.90. The number of nitrogens with zero attached hydrogens (tertiary/aromatic N) is 1. The molecule has 1 aromatic rings. The summed E-state index contributed by atoms with van der Waals surface area (Å²) in [6, 6.07) is 7.46. The van der Waals surface area contributed by atoms with Gasteiger partial charge in [-0.05, 0) is 44.2 Å². The van der Waals surface area contributed by atoms with Crippen LogP contribution in [0, 0.1) is 15.5 Å². The molecule has 92 valence electrons. The molecule has 1 saturated carbocycles. The van der Waals surface area contributed by atoms with Gasteiger partial charge in [0.25, 0.3) is 5.69 Å². The molecule has 1 unspecified atom stereocenters. The average molecular weight is 234 g/mol. The molecule has 2 rings (SSSR count). The normalized spacial score (nSPS) is 18.7. The SMILES string of the molecule is CNC(C)C1(Cc2cccc([N+](=O)[O-])c2)CC1. The number of hydrogen-bond acceptors (Lipinski definition) is 3. The predicted molar refractivity (Wildman–Crippen MR) is 67.0 cm³/mol. The molecule has 0 spiro atoms. The van der Waals surface area contributed by atoms with E-state index in [0.29, 0.717) is 11.5 Å². The van der Waals surface area contributed by atoms with Gasteiger partial charge < -0.3 is 5.32 Å². The highest BCUT2D eigenvalue weighted by molar-refractivity contribution is 5.35. The fourth-order valence-corrected chi connectivity index (χ4v) is 2.42. The molecule has 0 amide bonds. The molecule has 1 atom stereocenters. The van der Waals surface area contributed by atoms with E-state index >= 15 is 0 Å². The van der Waals surface area contributed by atoms with Crippen molar-refractivity contribution in [1.82, 2.24) is 5.32 Å². The zero-order valence-electron chi connectivity index (χ0n) is 10.3. The third-order valence-electron chi connectivity index (χ3n) is 3.92. The number of rotatable bonds is 5. The standard InChI is InChI=1S/C13H18N2O2/c1-10(14-2)13(6-7-13)9-11-4-3-5-12(8-11)15(16)17/h3-5,8,10,14H,6-7,9H2,1-2H3. The molecule has 0 bridgehead atoms. The molecule has 1 aliphatic rings. The van der Waals surface area contributed by atoms with E-state index in [9.17, 15) is 10.1 Å². The Labute approximate surface area is 101 Å². The average Bonchev–Trinajstić information content (AvgIpc) is 3.09. The van der Waals surface area contributed by atoms with Crippen molar-refractivity contribution in [2.45, 2.75) is 32.2 Å². The van der Waals surface area contributed by atoms with Crippen LogP contribution in [0.2, 0.25) is 0 Å². The fourth-order valence-electron chi connectivity index (χ4n) is 2.42. The van der Waals surface area contributed by atoms with Crippen LogP contribution in [-0.2, 0) is 6.42 Å². The maximum atomic E-state index is 10.7. The molecule has 1 fully saturated rings. The Morgan fingerprint density at radius 2 is 2.24 bits per heavy atom. The first-order valence-electron chi connectivity index (χ1n) is 5.98. The molecule has 0 aliphatic heterocycles. The van der Waals surface area contributed by atoms with E-state index in [1.54, 1.807) is 18.2 Å². The summed E-state index contributed by atoms with van der Waals surface area (Å²) in [5.74, 6) is 0. The highest BCUT2D eigenvalue weighted by Gasteiger charge is 2.46. The number of nitro benzene ring substituents is 1. The first-order chi connectivity index (χ1) is 8.07. The molecule has 0 saturated heterocycles. The van der Waals surface area contributed by atoms with Gasteiger partial charge in [0.05, 0.1) is 4.92 Å². The Kier molecular flexibility index (Phi) is 3.15. The lowest BCUT2D eigenvalue weighted by Gasteiger charge is -2.22. The van der Waals surface area contributed by atoms with Crippen molar-refractivity contribution < 1.29 is 4.92 Å². The lowest BCUT2D eigenvalue weighted by molar-refractivity contribution is -0.384. The Hall–Kier alpha value is -1.42. The molecule has 0 aromatic heterocycles. The number of benzene rings is 1. The van der Waals surface area contributed by atoms with Crippen molar-refractivity contribution in [3.63, 3.8) is 0 Å². The summed E-state index contributed by atoms with van der Waals surface area (Å²) < 4.78 is 0. The molecule has 1 aliphatic carbocycles. The molecular weight excluding hydrogens is 216 g/mol. The highest BCUT2D eigenvalue weighted by atomic mass is 16.6. The minimum Gasteiger partial charge on any atom is -0.317 e. The van der Waals surface area contributed by atoms with Crippen molar-refractivity contribution >= 4 is 5.69 Å². The van der Waals surface area contributed by atoms with Crippen LogP contribution in [0.5, 0.6) is 0 Å². The monoisotopic (exact) mass is 234 g/mol. The van der Waals surface area contributed by atoms with E-state index in [-0.39, 0.29) is 10.6 Å². The molecule has 4 nitrogen and oxygen atoms in total. The van der Waals surface area contributed by atoms with Gasteiger partial charge in [0.15, 0.2) is 0 Å². The minimum absolute atomic E-state index is 0.190. The zero-order valence-corrected chi connectivity index (χ0v) is 10.3. The van der Waals surface area contributed by atoms with Crippen molar-refractivity contribution in [1.29, 1.82) is 0 Å². The molecule has 1 N–H and O–H groups in total. The zero-order chi connectivity index (χ0) is 12.5. The third kappa shape index (κ3) is 2.47. The van der Waals surface area contributed by atoms with Crippen LogP contribution < -0.4 is 5.32 Å². The third-order valence-corrected chi connectivity index (χ3v) is 3.92. The Morgan fingerprint density at radius 3 is 2.76 bits per heavy atom. The van der Waals surface area contributed by atoms with Crippen LogP contribution in [0.1, 0.15) is 25.3 Å². The number of hydrogen-bond donors (Lipinski definition) is 1. The predicted octanol–water partition coefficient (Wildman–Crippen LogP) is 2.53. The van der Waals surface area contributed by atoms with Gasteiger partial charge in [-0.15, -0.1) is 0 Å². The Morgan fingerprint density at radius 1 is 1.53 bits per heavy atom. The highest BCUT2D eigenvalue weighted by Crippen LogP contribution is 2.51. The first-order valence-corrected chi connectivity index (χ1v) is 5.98. The molecule has 17 heavy (non-hydrogen) atoms. The van der Waals surface area contributed by atoms with E-state index < -0.39 is 0 Å². The van der Waals surface area contributed by atoms with E-state index in [2.05, 4.69) is 12.2 Å². The van der Waals surface area contributed by atoms with E-state index in [0.717, 1.165) is 12.0 Å². The summed E-state index contributed by atoms with van der Waals surface area (Å²) in [6.07, 6.45) is 3.34. The Balaban J connectivity index is 2.14. The van der Waals surface area contributed by atoms with Crippen molar-refractivity contribution in [2.24, 2.45) is 5.41 Å². The van der Waals surface area contributed by atoms with Gasteiger partial charge in [-0.2, -0.15) is 0 Å². The maximum absolute atomic E-state index is 10.7. The minimum atomic E-state index is -0.329. The van der Waals surface area contributed by atoms with Crippen LogP contribution in [0.15, 0.2) is 24.3 Å². The summed E-state index contributed by atoms with van der Waals surface area (Å²) in [7, 11) is 1.97. The summed E-state index contributed by atoms with van der Waals surface area (Å²) in [4.78, 5) is 10.4. The second-order valence-electron chi connectivity index (χ2n) is 4.98. The first kappa shape index (κ1) is 12.0. The van der Waals surface area contributed by atoms with Crippen LogP contribution >= 0.6 is 0 Å². The van der Waals surface area contributed by atoms with E-state index in [4.69, 9.17) is 0 Å². The fraction of sp³-hybridized carbons (Fsp3) is 0.538. The van der Waals surface area contributed by atoms with Crippen LogP contribution in [0.25, 0.3) is 0 Å². The van der Waals surface area contributed by atoms with Crippen LogP contribution in [0.4, 0.5) is 5.69 Å². The van der Waals surface area contributed by atoms with Gasteiger partial charge in [-0.1, -0.05) is 12.1 Å². The molecular formula is C13H18N2O2. The van der Waals surface area contributed by atoms with Gasteiger partial charge in [-0.25, -0.2) is 0 Å². The molecule has 4 heteroatoms. The van der Waals surface area contributed by atoms with Gasteiger partial charge in [-0.3, -0.25) is 10.1 Å². The maximum Gasteiger partial charge on any atom is 0.269 e. The second kappa shape index (κ2) is 4.45. The largest absolute Gasteiger partial charge is 0.317 e. The van der Waals surface area contributed by atoms with Crippen molar-refractivity contribution in [3.05, 3.63) is 39.9 Å². The quantitative estimate of drug-likeness (QED) is 0.629. The number of nitrogens with one attached hydrogen (secondary N) is 1. The summed E-state index contributed by atoms with van der Waals surface area (Å²) in [6.45, 7) is 2.18. The Bertz CT molecular complexity index is 427. The van der Waals surface area contributed by atoms with E-state index in [1.807, 2.05) is 13.1 Å². The lowest BCUT2D eigenvalue weighted by Crippen LogP contribution is -2.33. The molecule has 0 heterocycles. The van der Waals surface area contributed by atoms with E-state index in [1.165, 1.54) is 12.8 Å². The van der Waals surface area contributed by atoms with Crippen LogP contribution in [-0.4, -0.2) is 18.0 Å².